The zero-order valence-corrected chi connectivity index (χ0v) is 15.5. The maximum Gasteiger partial charge on any atom is 0.198 e. The summed E-state index contributed by atoms with van der Waals surface area (Å²) in [6, 6.07) is 17.5. The van der Waals surface area contributed by atoms with Crippen molar-refractivity contribution in [2.24, 2.45) is 7.05 Å². The van der Waals surface area contributed by atoms with Crippen LogP contribution in [0.1, 0.15) is 0 Å². The third-order valence-corrected chi connectivity index (χ3v) is 5.56. The zero-order valence-electron chi connectivity index (χ0n) is 13.1. The van der Waals surface area contributed by atoms with Gasteiger partial charge >= 0.3 is 0 Å². The molecule has 0 saturated carbocycles. The quantitative estimate of drug-likeness (QED) is 0.504. The van der Waals surface area contributed by atoms with Gasteiger partial charge in [-0.1, -0.05) is 54.1 Å². The minimum atomic E-state index is 0.673. The van der Waals surface area contributed by atoms with Crippen LogP contribution in [0.5, 0.6) is 0 Å². The smallest absolute Gasteiger partial charge is 0.198 e. The molecule has 0 amide bonds. The number of aromatic nitrogens is 5. The lowest BCUT2D eigenvalue weighted by Gasteiger charge is -2.02. The summed E-state index contributed by atoms with van der Waals surface area (Å²) < 4.78 is 7.18. The lowest BCUT2D eigenvalue weighted by Crippen LogP contribution is -1.94. The highest BCUT2D eigenvalue weighted by Crippen LogP contribution is 2.32. The highest BCUT2D eigenvalue weighted by Gasteiger charge is 2.15. The van der Waals surface area contributed by atoms with Gasteiger partial charge in [-0.2, -0.15) is 4.37 Å². The lowest BCUT2D eigenvalue weighted by atomic mass is 10.2. The number of nitrogens with zero attached hydrogens (tertiary/aromatic N) is 5. The SMILES string of the molecule is Cn1c(Sc2nc(-c3ccccc3)ns2)nnc1-c1cccc(Cl)c1. The Morgan fingerprint density at radius 2 is 1.80 bits per heavy atom. The molecule has 0 bridgehead atoms. The van der Waals surface area contributed by atoms with Gasteiger partial charge in [-0.15, -0.1) is 10.2 Å². The van der Waals surface area contributed by atoms with Crippen molar-refractivity contribution in [2.75, 3.05) is 0 Å². The normalized spacial score (nSPS) is 11.0. The molecule has 0 radical (unpaired) electrons. The Hall–Kier alpha value is -2.22. The highest BCUT2D eigenvalue weighted by molar-refractivity contribution is 8.00. The van der Waals surface area contributed by atoms with Gasteiger partial charge in [0.05, 0.1) is 0 Å². The summed E-state index contributed by atoms with van der Waals surface area (Å²) in [5.41, 5.74) is 1.93. The second-order valence-electron chi connectivity index (χ2n) is 5.23. The van der Waals surface area contributed by atoms with E-state index in [1.807, 2.05) is 66.2 Å². The van der Waals surface area contributed by atoms with E-state index in [2.05, 4.69) is 19.6 Å². The van der Waals surface area contributed by atoms with Gasteiger partial charge in [0, 0.05) is 23.2 Å². The lowest BCUT2D eigenvalue weighted by molar-refractivity contribution is 0.793. The Labute approximate surface area is 157 Å². The molecule has 0 aliphatic heterocycles. The van der Waals surface area contributed by atoms with Crippen LogP contribution < -0.4 is 0 Å². The minimum absolute atomic E-state index is 0.673. The molecule has 4 aromatic rings. The summed E-state index contributed by atoms with van der Waals surface area (Å²) in [6.45, 7) is 0. The summed E-state index contributed by atoms with van der Waals surface area (Å²) >= 11 is 8.87. The number of halogens is 1. The van der Waals surface area contributed by atoms with Crippen LogP contribution in [-0.4, -0.2) is 24.1 Å². The van der Waals surface area contributed by atoms with E-state index in [1.165, 1.54) is 23.3 Å². The molecule has 0 aliphatic rings. The van der Waals surface area contributed by atoms with Gasteiger partial charge in [0.1, 0.15) is 0 Å². The van der Waals surface area contributed by atoms with Crippen LogP contribution in [0.15, 0.2) is 64.1 Å². The molecule has 2 aromatic carbocycles. The summed E-state index contributed by atoms with van der Waals surface area (Å²) in [5, 5.41) is 9.98. The van der Waals surface area contributed by atoms with Crippen molar-refractivity contribution < 1.29 is 0 Å². The molecule has 0 unspecified atom stereocenters. The van der Waals surface area contributed by atoms with E-state index < -0.39 is 0 Å². The zero-order chi connectivity index (χ0) is 17.2. The molecule has 0 atom stereocenters. The van der Waals surface area contributed by atoms with Gasteiger partial charge in [-0.25, -0.2) is 4.98 Å². The molecule has 5 nitrogen and oxygen atoms in total. The molecule has 25 heavy (non-hydrogen) atoms. The molecule has 0 N–H and O–H groups in total. The molecule has 0 fully saturated rings. The van der Waals surface area contributed by atoms with Crippen LogP contribution in [0.2, 0.25) is 5.02 Å². The Morgan fingerprint density at radius 1 is 1.00 bits per heavy atom. The molecule has 8 heteroatoms. The number of benzene rings is 2. The molecule has 124 valence electrons. The maximum absolute atomic E-state index is 6.07. The van der Waals surface area contributed by atoms with Gasteiger partial charge in [0.15, 0.2) is 21.1 Å². The molecular formula is C17H12ClN5S2. The van der Waals surface area contributed by atoms with E-state index in [4.69, 9.17) is 11.6 Å². The fourth-order valence-corrected chi connectivity index (χ4v) is 4.02. The fourth-order valence-electron chi connectivity index (χ4n) is 2.32. The summed E-state index contributed by atoms with van der Waals surface area (Å²) in [5.74, 6) is 1.49. The highest BCUT2D eigenvalue weighted by atomic mass is 35.5. The van der Waals surface area contributed by atoms with Crippen LogP contribution in [0.3, 0.4) is 0 Å². The third-order valence-electron chi connectivity index (χ3n) is 3.54. The first kappa shape index (κ1) is 16.3. The average Bonchev–Trinajstić information content (AvgIpc) is 3.24. The van der Waals surface area contributed by atoms with Crippen LogP contribution in [0, 0.1) is 0 Å². The van der Waals surface area contributed by atoms with Gasteiger partial charge in [0.2, 0.25) is 0 Å². The standard InChI is InChI=1S/C17H12ClN5S2/c1-23-15(12-8-5-9-13(18)10-12)20-21-16(23)24-17-19-14(22-25-17)11-6-3-2-4-7-11/h2-10H,1H3. The molecule has 0 spiro atoms. The Balaban J connectivity index is 1.59. The molecule has 2 heterocycles. The van der Waals surface area contributed by atoms with Crippen molar-refractivity contribution in [1.82, 2.24) is 24.1 Å². The summed E-state index contributed by atoms with van der Waals surface area (Å²) in [6.07, 6.45) is 0. The third kappa shape index (κ3) is 3.44. The topological polar surface area (TPSA) is 56.5 Å². The van der Waals surface area contributed by atoms with Gasteiger partial charge in [-0.3, -0.25) is 0 Å². The second-order valence-corrected chi connectivity index (χ2v) is 7.63. The second kappa shape index (κ2) is 6.95. The summed E-state index contributed by atoms with van der Waals surface area (Å²) in [4.78, 5) is 4.58. The molecule has 0 saturated heterocycles. The number of hydrogen-bond acceptors (Lipinski definition) is 6. The first-order chi connectivity index (χ1) is 12.2. The Bertz CT molecular complexity index is 1010. The van der Waals surface area contributed by atoms with Gasteiger partial charge < -0.3 is 4.57 Å². The van der Waals surface area contributed by atoms with Crippen LogP contribution >= 0.6 is 34.9 Å². The molecule has 0 aliphatic carbocycles. The van der Waals surface area contributed by atoms with E-state index in [1.54, 1.807) is 0 Å². The predicted molar refractivity (Wildman–Crippen MR) is 101 cm³/mol. The average molecular weight is 386 g/mol. The van der Waals surface area contributed by atoms with Crippen molar-refractivity contribution in [3.8, 4) is 22.8 Å². The van der Waals surface area contributed by atoms with Crippen molar-refractivity contribution >= 4 is 34.9 Å². The van der Waals surface area contributed by atoms with E-state index in [0.717, 1.165) is 32.3 Å². The monoisotopic (exact) mass is 385 g/mol. The Kier molecular flexibility index (Phi) is 4.52. The summed E-state index contributed by atoms with van der Waals surface area (Å²) in [7, 11) is 1.93. The predicted octanol–water partition coefficient (Wildman–Crippen LogP) is 4.81. The van der Waals surface area contributed by atoms with E-state index in [0.29, 0.717) is 5.02 Å². The van der Waals surface area contributed by atoms with Crippen molar-refractivity contribution in [3.05, 3.63) is 59.6 Å². The maximum atomic E-state index is 6.07. The van der Waals surface area contributed by atoms with Crippen LogP contribution in [0.4, 0.5) is 0 Å². The van der Waals surface area contributed by atoms with Crippen molar-refractivity contribution in [2.45, 2.75) is 9.50 Å². The minimum Gasteiger partial charge on any atom is -0.305 e. The molecule has 4 rings (SSSR count). The first-order valence-corrected chi connectivity index (χ1v) is 9.40. The number of hydrogen-bond donors (Lipinski definition) is 0. The largest absolute Gasteiger partial charge is 0.305 e. The van der Waals surface area contributed by atoms with Crippen LogP contribution in [0.25, 0.3) is 22.8 Å². The molecular weight excluding hydrogens is 374 g/mol. The fraction of sp³-hybridized carbons (Fsp3) is 0.0588. The van der Waals surface area contributed by atoms with E-state index in [-0.39, 0.29) is 0 Å². The van der Waals surface area contributed by atoms with E-state index >= 15 is 0 Å². The Morgan fingerprint density at radius 3 is 2.60 bits per heavy atom. The van der Waals surface area contributed by atoms with Crippen molar-refractivity contribution in [1.29, 1.82) is 0 Å². The molecule has 2 aromatic heterocycles. The van der Waals surface area contributed by atoms with Crippen molar-refractivity contribution in [3.63, 3.8) is 0 Å². The first-order valence-electron chi connectivity index (χ1n) is 7.43. The van der Waals surface area contributed by atoms with E-state index in [9.17, 15) is 0 Å². The number of rotatable bonds is 4. The van der Waals surface area contributed by atoms with Crippen LogP contribution in [-0.2, 0) is 7.05 Å². The van der Waals surface area contributed by atoms with Gasteiger partial charge in [0.25, 0.3) is 0 Å². The van der Waals surface area contributed by atoms with Gasteiger partial charge in [-0.05, 0) is 35.4 Å².